The predicted molar refractivity (Wildman–Crippen MR) is 116 cm³/mol. The Morgan fingerprint density at radius 1 is 1.03 bits per heavy atom. The van der Waals surface area contributed by atoms with Crippen LogP contribution in [0.15, 0.2) is 42.5 Å². The third-order valence-electron chi connectivity index (χ3n) is 5.21. The van der Waals surface area contributed by atoms with Crippen molar-refractivity contribution in [2.24, 2.45) is 7.05 Å². The van der Waals surface area contributed by atoms with Crippen LogP contribution in [-0.2, 0) is 20.1 Å². The maximum atomic E-state index is 12.3. The van der Waals surface area contributed by atoms with Gasteiger partial charge in [0.15, 0.2) is 5.82 Å². The molecule has 2 N–H and O–H groups in total. The number of ether oxygens (including phenoxy) is 2. The fourth-order valence-electron chi connectivity index (χ4n) is 3.62. The topological polar surface area (TPSA) is 75.2 Å². The third-order valence-corrected chi connectivity index (χ3v) is 5.21. The lowest BCUT2D eigenvalue weighted by Gasteiger charge is -2.11. The van der Waals surface area contributed by atoms with Gasteiger partial charge in [-0.05, 0) is 42.3 Å². The minimum absolute atomic E-state index is 0.191. The summed E-state index contributed by atoms with van der Waals surface area (Å²) in [6.45, 7) is 2.32. The largest absolute Gasteiger partial charge is 0.573 e. The molecule has 32 heavy (non-hydrogen) atoms. The lowest BCUT2D eigenvalue weighted by Crippen LogP contribution is -2.17. The highest BCUT2D eigenvalue weighted by Gasteiger charge is 2.30. The smallest absolute Gasteiger partial charge is 0.489 e. The van der Waals surface area contributed by atoms with E-state index in [-0.39, 0.29) is 12.4 Å². The molecule has 0 saturated carbocycles. The molecule has 0 atom stereocenters. The number of fused-ring (bicyclic) bond motifs is 3. The number of unbranched alkanes of at least 4 members (excludes halogenated alkanes) is 1. The van der Waals surface area contributed by atoms with Crippen molar-refractivity contribution in [1.29, 1.82) is 0 Å². The van der Waals surface area contributed by atoms with Crippen molar-refractivity contribution in [3.8, 4) is 11.5 Å². The fraction of sp³-hybridized carbons (Fsp3) is 0.304. The van der Waals surface area contributed by atoms with Gasteiger partial charge in [-0.3, -0.25) is 0 Å². The summed E-state index contributed by atoms with van der Waals surface area (Å²) in [6, 6.07) is 11.1. The summed E-state index contributed by atoms with van der Waals surface area (Å²) in [5.41, 5.74) is 9.18. The van der Waals surface area contributed by atoms with Gasteiger partial charge in [0.05, 0.1) is 11.0 Å². The highest BCUT2D eigenvalue weighted by molar-refractivity contribution is 6.07. The number of benzene rings is 2. The van der Waals surface area contributed by atoms with Crippen LogP contribution < -0.4 is 15.2 Å². The van der Waals surface area contributed by atoms with Gasteiger partial charge in [0.2, 0.25) is 0 Å². The molecule has 2 aromatic carbocycles. The number of aromatic nitrogens is 3. The molecule has 0 aliphatic heterocycles. The summed E-state index contributed by atoms with van der Waals surface area (Å²) in [5.74, 6) is 1.68. The number of nitrogens with zero attached hydrogens (tertiary/aromatic N) is 3. The maximum Gasteiger partial charge on any atom is 0.573 e. The quantitative estimate of drug-likeness (QED) is 0.406. The van der Waals surface area contributed by atoms with Gasteiger partial charge in [0.25, 0.3) is 0 Å². The summed E-state index contributed by atoms with van der Waals surface area (Å²) in [7, 11) is 1.97. The number of aryl methyl sites for hydroxylation is 2. The predicted octanol–water partition coefficient (Wildman–Crippen LogP) is 5.52. The van der Waals surface area contributed by atoms with E-state index in [0.717, 1.165) is 41.5 Å². The van der Waals surface area contributed by atoms with Crippen molar-refractivity contribution in [3.63, 3.8) is 0 Å². The van der Waals surface area contributed by atoms with Crippen LogP contribution in [0.1, 0.15) is 31.2 Å². The van der Waals surface area contributed by atoms with Crippen molar-refractivity contribution in [3.05, 3.63) is 53.9 Å². The van der Waals surface area contributed by atoms with E-state index in [2.05, 4.69) is 21.2 Å². The lowest BCUT2D eigenvalue weighted by atomic mass is 10.1. The Kier molecular flexibility index (Phi) is 5.82. The zero-order chi connectivity index (χ0) is 22.9. The number of rotatable bonds is 7. The third kappa shape index (κ3) is 4.56. The van der Waals surface area contributed by atoms with Gasteiger partial charge in [-0.2, -0.15) is 0 Å². The van der Waals surface area contributed by atoms with Gasteiger partial charge < -0.3 is 19.8 Å². The highest BCUT2D eigenvalue weighted by atomic mass is 19.4. The lowest BCUT2D eigenvalue weighted by molar-refractivity contribution is -0.274. The Hall–Kier alpha value is -3.49. The highest BCUT2D eigenvalue weighted by Crippen LogP contribution is 2.31. The van der Waals surface area contributed by atoms with Gasteiger partial charge in [0.1, 0.15) is 29.4 Å². The molecule has 4 aromatic rings. The molecule has 2 aromatic heterocycles. The molecule has 168 valence electrons. The van der Waals surface area contributed by atoms with Crippen LogP contribution in [0.3, 0.4) is 0 Å². The Morgan fingerprint density at radius 2 is 1.75 bits per heavy atom. The zero-order valence-electron chi connectivity index (χ0n) is 17.7. The van der Waals surface area contributed by atoms with E-state index in [0.29, 0.717) is 22.6 Å². The molecule has 0 fully saturated rings. The van der Waals surface area contributed by atoms with Gasteiger partial charge in [-0.1, -0.05) is 25.5 Å². The van der Waals surface area contributed by atoms with Crippen molar-refractivity contribution >= 4 is 27.8 Å². The van der Waals surface area contributed by atoms with Crippen LogP contribution in [0.25, 0.3) is 21.9 Å². The number of nitrogens with two attached hydrogens (primary N) is 1. The summed E-state index contributed by atoms with van der Waals surface area (Å²) >= 11 is 0. The minimum atomic E-state index is -4.71. The summed E-state index contributed by atoms with van der Waals surface area (Å²) in [6.07, 6.45) is -1.76. The number of anilines is 1. The molecule has 0 unspecified atom stereocenters. The minimum Gasteiger partial charge on any atom is -0.489 e. The van der Waals surface area contributed by atoms with Gasteiger partial charge in [-0.25, -0.2) is 9.97 Å². The van der Waals surface area contributed by atoms with E-state index in [1.54, 1.807) is 6.07 Å². The molecular formula is C23H23F3N4O2. The second-order valence-corrected chi connectivity index (χ2v) is 7.54. The first-order valence-corrected chi connectivity index (χ1v) is 10.3. The van der Waals surface area contributed by atoms with Crippen LogP contribution in [0, 0.1) is 0 Å². The van der Waals surface area contributed by atoms with Crippen LogP contribution in [0.5, 0.6) is 11.5 Å². The fourth-order valence-corrected chi connectivity index (χ4v) is 3.62. The molecule has 0 amide bonds. The maximum absolute atomic E-state index is 12.3. The molecule has 4 rings (SSSR count). The second-order valence-electron chi connectivity index (χ2n) is 7.54. The Labute approximate surface area is 182 Å². The molecule has 0 spiro atoms. The van der Waals surface area contributed by atoms with E-state index >= 15 is 0 Å². The first kappa shape index (κ1) is 21.7. The Morgan fingerprint density at radius 3 is 2.44 bits per heavy atom. The van der Waals surface area contributed by atoms with Crippen LogP contribution in [-0.4, -0.2) is 20.9 Å². The molecule has 0 aliphatic rings. The number of pyridine rings is 1. The van der Waals surface area contributed by atoms with Gasteiger partial charge >= 0.3 is 6.36 Å². The van der Waals surface area contributed by atoms with Crippen molar-refractivity contribution in [2.75, 3.05) is 5.73 Å². The Bertz CT molecular complexity index is 1250. The number of imidazole rings is 1. The summed E-state index contributed by atoms with van der Waals surface area (Å²) in [5, 5.41) is 0.873. The molecule has 0 bridgehead atoms. The average molecular weight is 444 g/mol. The number of hydrogen-bond acceptors (Lipinski definition) is 5. The van der Waals surface area contributed by atoms with E-state index in [4.69, 9.17) is 15.5 Å². The molecule has 0 radical (unpaired) electrons. The van der Waals surface area contributed by atoms with Gasteiger partial charge in [-0.15, -0.1) is 13.2 Å². The number of nitrogen functional groups attached to an aromatic ring is 1. The first-order valence-electron chi connectivity index (χ1n) is 10.3. The molecule has 6 nitrogen and oxygen atoms in total. The standard InChI is InChI=1S/C23H23F3N4O2/c1-3-4-5-19-29-20-21(30(19)2)17-12-16(10-11-18(17)28-22(20)27)31-13-14-6-8-15(9-7-14)32-23(24,25)26/h6-12H,3-5,13H2,1-2H3,(H2,27,28). The van der Waals surface area contributed by atoms with Crippen molar-refractivity contribution in [1.82, 2.24) is 14.5 Å². The first-order chi connectivity index (χ1) is 15.2. The SMILES string of the molecule is CCCCc1nc2c(N)nc3ccc(OCc4ccc(OC(F)(F)F)cc4)cc3c2n1C. The van der Waals surface area contributed by atoms with E-state index in [1.807, 2.05) is 19.2 Å². The van der Waals surface area contributed by atoms with Crippen LogP contribution in [0.2, 0.25) is 0 Å². The molecule has 0 aliphatic carbocycles. The van der Waals surface area contributed by atoms with Crippen molar-refractivity contribution in [2.45, 2.75) is 39.2 Å². The monoisotopic (exact) mass is 444 g/mol. The van der Waals surface area contributed by atoms with E-state index in [1.165, 1.54) is 24.3 Å². The number of hydrogen-bond donors (Lipinski definition) is 1. The van der Waals surface area contributed by atoms with E-state index < -0.39 is 6.36 Å². The normalized spacial score (nSPS) is 11.9. The zero-order valence-corrected chi connectivity index (χ0v) is 17.7. The molecule has 2 heterocycles. The van der Waals surface area contributed by atoms with Gasteiger partial charge in [0, 0.05) is 18.9 Å². The van der Waals surface area contributed by atoms with Crippen molar-refractivity contribution < 1.29 is 22.6 Å². The number of halogens is 3. The van der Waals surface area contributed by atoms with E-state index in [9.17, 15) is 13.2 Å². The number of alkyl halides is 3. The molecular weight excluding hydrogens is 421 g/mol. The molecule has 9 heteroatoms. The Balaban J connectivity index is 1.59. The second kappa shape index (κ2) is 8.57. The summed E-state index contributed by atoms with van der Waals surface area (Å²) < 4.78 is 48.7. The van der Waals surface area contributed by atoms with Crippen LogP contribution >= 0.6 is 0 Å². The van der Waals surface area contributed by atoms with Crippen LogP contribution in [0.4, 0.5) is 19.0 Å². The molecule has 0 saturated heterocycles. The summed E-state index contributed by atoms with van der Waals surface area (Å²) in [4.78, 5) is 9.18. The average Bonchev–Trinajstić information content (AvgIpc) is 3.08.